The summed E-state index contributed by atoms with van der Waals surface area (Å²) in [5, 5.41) is 5.93. The van der Waals surface area contributed by atoms with Crippen LogP contribution < -0.4 is 10.6 Å². The summed E-state index contributed by atoms with van der Waals surface area (Å²) < 4.78 is 0.200. The van der Waals surface area contributed by atoms with Gasteiger partial charge in [0.2, 0.25) is 5.91 Å². The summed E-state index contributed by atoms with van der Waals surface area (Å²) in [6, 6.07) is 8.01. The quantitative estimate of drug-likeness (QED) is 0.812. The fourth-order valence-electron chi connectivity index (χ4n) is 1.62. The number of rotatable bonds is 5. The highest BCUT2D eigenvalue weighted by Crippen LogP contribution is 2.32. The van der Waals surface area contributed by atoms with Gasteiger partial charge in [0.15, 0.2) is 0 Å². The van der Waals surface area contributed by atoms with Crippen molar-refractivity contribution in [3.05, 3.63) is 24.3 Å². The van der Waals surface area contributed by atoms with Crippen LogP contribution in [0.4, 0.5) is 5.69 Å². The van der Waals surface area contributed by atoms with Crippen LogP contribution in [0.15, 0.2) is 29.2 Å². The molecule has 0 radical (unpaired) electrons. The van der Waals surface area contributed by atoms with E-state index < -0.39 is 0 Å². The van der Waals surface area contributed by atoms with E-state index in [0.29, 0.717) is 6.54 Å². The zero-order valence-electron chi connectivity index (χ0n) is 12.8. The molecule has 1 aromatic carbocycles. The third-order valence-electron chi connectivity index (χ3n) is 2.50. The Morgan fingerprint density at radius 1 is 1.25 bits per heavy atom. The maximum absolute atomic E-state index is 11.9. The normalized spacial score (nSPS) is 12.4. The Kier molecular flexibility index (Phi) is 8.25. The molecule has 0 aliphatic rings. The van der Waals surface area contributed by atoms with Crippen LogP contribution in [0.2, 0.25) is 0 Å². The van der Waals surface area contributed by atoms with Gasteiger partial charge in [-0.3, -0.25) is 4.79 Å². The van der Waals surface area contributed by atoms with Crippen molar-refractivity contribution in [3.63, 3.8) is 0 Å². The molecule has 0 saturated heterocycles. The van der Waals surface area contributed by atoms with Gasteiger partial charge >= 0.3 is 0 Å². The van der Waals surface area contributed by atoms with E-state index in [1.54, 1.807) is 0 Å². The van der Waals surface area contributed by atoms with Crippen LogP contribution in [0, 0.1) is 5.92 Å². The summed E-state index contributed by atoms with van der Waals surface area (Å²) in [4.78, 5) is 13.1. The zero-order chi connectivity index (χ0) is 14.5. The van der Waals surface area contributed by atoms with Gasteiger partial charge in [0.05, 0.1) is 0 Å². The smallest absolute Gasteiger partial charge is 0.228 e. The van der Waals surface area contributed by atoms with Gasteiger partial charge in [-0.05, 0) is 31.3 Å². The van der Waals surface area contributed by atoms with Crippen molar-refractivity contribution < 1.29 is 4.79 Å². The summed E-state index contributed by atoms with van der Waals surface area (Å²) >= 11 is 1.82. The molecule has 3 nitrogen and oxygen atoms in total. The molecule has 0 spiro atoms. The summed E-state index contributed by atoms with van der Waals surface area (Å²) in [6.07, 6.45) is 0. The van der Waals surface area contributed by atoms with E-state index in [-0.39, 0.29) is 29.0 Å². The Morgan fingerprint density at radius 3 is 2.25 bits per heavy atom. The lowest BCUT2D eigenvalue weighted by molar-refractivity contribution is -0.119. The minimum Gasteiger partial charge on any atom is -0.326 e. The Morgan fingerprint density at radius 2 is 1.80 bits per heavy atom. The third kappa shape index (κ3) is 7.17. The number of amides is 1. The minimum absolute atomic E-state index is 0. The largest absolute Gasteiger partial charge is 0.326 e. The molecule has 0 saturated carbocycles. The molecule has 0 fully saturated rings. The van der Waals surface area contributed by atoms with Gasteiger partial charge in [0, 0.05) is 27.8 Å². The molecule has 114 valence electrons. The minimum atomic E-state index is -0.0337. The number of carbonyl (C=O) groups is 1. The molecule has 1 aromatic rings. The number of nitrogens with one attached hydrogen (secondary N) is 2. The Balaban J connectivity index is 0.00000361. The first-order valence-electron chi connectivity index (χ1n) is 6.56. The molecule has 1 unspecified atom stereocenters. The first-order valence-corrected chi connectivity index (χ1v) is 7.38. The van der Waals surface area contributed by atoms with E-state index in [1.165, 1.54) is 4.90 Å². The topological polar surface area (TPSA) is 41.1 Å². The van der Waals surface area contributed by atoms with Gasteiger partial charge in [0.25, 0.3) is 0 Å². The third-order valence-corrected chi connectivity index (χ3v) is 3.62. The second kappa shape index (κ2) is 8.55. The van der Waals surface area contributed by atoms with Crippen molar-refractivity contribution >= 4 is 35.8 Å². The molecule has 2 N–H and O–H groups in total. The van der Waals surface area contributed by atoms with E-state index in [1.807, 2.05) is 50.0 Å². The Bertz CT molecular complexity index is 415. The number of hydrogen-bond acceptors (Lipinski definition) is 3. The molecule has 1 amide bonds. The highest BCUT2D eigenvalue weighted by atomic mass is 35.5. The fourth-order valence-corrected chi connectivity index (χ4v) is 2.60. The molecule has 0 bridgehead atoms. The zero-order valence-corrected chi connectivity index (χ0v) is 14.5. The van der Waals surface area contributed by atoms with Crippen molar-refractivity contribution in [2.75, 3.05) is 18.9 Å². The average Bonchev–Trinajstić information content (AvgIpc) is 2.30. The lowest BCUT2D eigenvalue weighted by atomic mass is 10.1. The van der Waals surface area contributed by atoms with Crippen molar-refractivity contribution in [1.29, 1.82) is 0 Å². The van der Waals surface area contributed by atoms with E-state index in [0.717, 1.165) is 5.69 Å². The van der Waals surface area contributed by atoms with Gasteiger partial charge in [-0.1, -0.05) is 27.7 Å². The molecular formula is C15H25ClN2OS. The molecule has 1 rings (SSSR count). The van der Waals surface area contributed by atoms with Gasteiger partial charge in [-0.2, -0.15) is 0 Å². The van der Waals surface area contributed by atoms with E-state index in [4.69, 9.17) is 0 Å². The van der Waals surface area contributed by atoms with Gasteiger partial charge in [-0.25, -0.2) is 0 Å². The summed E-state index contributed by atoms with van der Waals surface area (Å²) in [7, 11) is 1.85. The van der Waals surface area contributed by atoms with Crippen LogP contribution in [-0.2, 0) is 4.79 Å². The van der Waals surface area contributed by atoms with Gasteiger partial charge < -0.3 is 10.6 Å². The molecule has 5 heteroatoms. The maximum atomic E-state index is 11.9. The van der Waals surface area contributed by atoms with Gasteiger partial charge in [-0.15, -0.1) is 24.2 Å². The van der Waals surface area contributed by atoms with Crippen molar-refractivity contribution in [2.24, 2.45) is 5.92 Å². The summed E-state index contributed by atoms with van der Waals surface area (Å²) in [5.41, 5.74) is 0.853. The monoisotopic (exact) mass is 316 g/mol. The van der Waals surface area contributed by atoms with Crippen molar-refractivity contribution in [1.82, 2.24) is 5.32 Å². The van der Waals surface area contributed by atoms with Crippen LogP contribution in [0.1, 0.15) is 27.7 Å². The number of hydrogen-bond donors (Lipinski definition) is 2. The van der Waals surface area contributed by atoms with Crippen LogP contribution in [0.5, 0.6) is 0 Å². The standard InChI is InChI=1S/C15H24N2OS.ClH/c1-11(10-16-5)14(18)17-12-6-8-13(9-7-12)19-15(2,3)4;/h6-9,11,16H,10H2,1-5H3,(H,17,18);1H. The first-order chi connectivity index (χ1) is 8.81. The van der Waals surface area contributed by atoms with Crippen LogP contribution in [-0.4, -0.2) is 24.2 Å². The van der Waals surface area contributed by atoms with Crippen LogP contribution >= 0.6 is 24.2 Å². The second-order valence-electron chi connectivity index (χ2n) is 5.69. The number of thioether (sulfide) groups is 1. The van der Waals surface area contributed by atoms with Crippen LogP contribution in [0.25, 0.3) is 0 Å². The summed E-state index contributed by atoms with van der Waals surface area (Å²) in [6.45, 7) is 9.16. The predicted octanol–water partition coefficient (Wildman–Crippen LogP) is 3.79. The first kappa shape index (κ1) is 19.3. The Labute approximate surface area is 132 Å². The van der Waals surface area contributed by atoms with E-state index in [2.05, 4.69) is 31.4 Å². The number of halogens is 1. The molecule has 0 aliphatic heterocycles. The average molecular weight is 317 g/mol. The summed E-state index contributed by atoms with van der Waals surface area (Å²) in [5.74, 6) is 0.0131. The molecule has 0 aliphatic carbocycles. The fraction of sp³-hybridized carbons (Fsp3) is 0.533. The molecule has 20 heavy (non-hydrogen) atoms. The highest BCUT2D eigenvalue weighted by molar-refractivity contribution is 8.00. The second-order valence-corrected chi connectivity index (χ2v) is 7.59. The molecule has 1 atom stereocenters. The van der Waals surface area contributed by atoms with Crippen LogP contribution in [0.3, 0.4) is 0 Å². The molecular weight excluding hydrogens is 292 g/mol. The van der Waals surface area contributed by atoms with E-state index >= 15 is 0 Å². The number of benzene rings is 1. The van der Waals surface area contributed by atoms with Crippen molar-refractivity contribution in [3.8, 4) is 0 Å². The highest BCUT2D eigenvalue weighted by Gasteiger charge is 2.13. The predicted molar refractivity (Wildman–Crippen MR) is 91.0 cm³/mol. The Hall–Kier alpha value is -0.710. The number of anilines is 1. The van der Waals surface area contributed by atoms with E-state index in [9.17, 15) is 4.79 Å². The van der Waals surface area contributed by atoms with Crippen molar-refractivity contribution in [2.45, 2.75) is 37.3 Å². The number of carbonyl (C=O) groups excluding carboxylic acids is 1. The lowest BCUT2D eigenvalue weighted by Gasteiger charge is -2.18. The lowest BCUT2D eigenvalue weighted by Crippen LogP contribution is -2.28. The SMILES string of the molecule is CNCC(C)C(=O)Nc1ccc(SC(C)(C)C)cc1.Cl. The molecule has 0 heterocycles. The molecule has 0 aromatic heterocycles. The maximum Gasteiger partial charge on any atom is 0.228 e. The van der Waals surface area contributed by atoms with Gasteiger partial charge in [0.1, 0.15) is 0 Å².